The molecule has 0 atom stereocenters. The largest absolute Gasteiger partial charge is 0.379 e. The van der Waals surface area contributed by atoms with Crippen LogP contribution < -0.4 is 0 Å². The zero-order chi connectivity index (χ0) is 16.6. The van der Waals surface area contributed by atoms with Gasteiger partial charge in [-0.25, -0.2) is 0 Å². The van der Waals surface area contributed by atoms with E-state index in [9.17, 15) is 9.90 Å². The molecule has 1 saturated carbocycles. The molecule has 4 rings (SSSR count). The molecule has 2 fully saturated rings. The van der Waals surface area contributed by atoms with Crippen LogP contribution in [-0.4, -0.2) is 58.6 Å². The Morgan fingerprint density at radius 1 is 0.958 bits per heavy atom. The molecule has 2 aliphatic carbocycles. The first-order valence-electron chi connectivity index (χ1n) is 9.48. The third kappa shape index (κ3) is 2.98. The Morgan fingerprint density at radius 3 is 2.29 bits per heavy atom. The molecule has 3 aliphatic rings. The number of carbonyl (C=O) groups excluding carboxylic acids is 1. The van der Waals surface area contributed by atoms with Crippen LogP contribution in [0.1, 0.15) is 43.2 Å². The highest BCUT2D eigenvalue weighted by Crippen LogP contribution is 2.32. The van der Waals surface area contributed by atoms with Gasteiger partial charge in [-0.3, -0.25) is 9.69 Å². The quantitative estimate of drug-likeness (QED) is 0.903. The molecule has 4 heteroatoms. The van der Waals surface area contributed by atoms with Crippen molar-refractivity contribution >= 4 is 5.91 Å². The minimum atomic E-state index is -1.23. The van der Waals surface area contributed by atoms with Crippen LogP contribution in [0, 0.1) is 0 Å². The molecule has 0 bridgehead atoms. The molecule has 4 nitrogen and oxygen atoms in total. The number of benzene rings is 1. The zero-order valence-electron chi connectivity index (χ0n) is 14.4. The van der Waals surface area contributed by atoms with E-state index in [1.165, 1.54) is 25.7 Å². The third-order valence-corrected chi connectivity index (χ3v) is 6.14. The maximum absolute atomic E-state index is 13.0. The van der Waals surface area contributed by atoms with E-state index in [2.05, 4.69) is 4.90 Å². The van der Waals surface area contributed by atoms with Gasteiger partial charge < -0.3 is 10.0 Å². The highest BCUT2D eigenvalue weighted by atomic mass is 16.3. The second kappa shape index (κ2) is 6.49. The summed E-state index contributed by atoms with van der Waals surface area (Å²) in [6.07, 6.45) is 7.27. The molecule has 1 aromatic rings. The lowest BCUT2D eigenvalue weighted by molar-refractivity contribution is -0.150. The van der Waals surface area contributed by atoms with Crippen molar-refractivity contribution in [1.82, 2.24) is 9.80 Å². The summed E-state index contributed by atoms with van der Waals surface area (Å²) in [5, 5.41) is 11.0. The fourth-order valence-corrected chi connectivity index (χ4v) is 4.82. The molecule has 24 heavy (non-hydrogen) atoms. The van der Waals surface area contributed by atoms with Crippen LogP contribution in [-0.2, 0) is 17.6 Å². The molecule has 1 N–H and O–H groups in total. The van der Waals surface area contributed by atoms with Crippen molar-refractivity contribution in [2.24, 2.45) is 0 Å². The lowest BCUT2D eigenvalue weighted by atomic mass is 9.98. The SMILES string of the molecule is O=C(N1CCCN(C2CCCC2)CC1)C1(O)Cc2ccccc2C1. The van der Waals surface area contributed by atoms with E-state index in [1.807, 2.05) is 29.2 Å². The number of hydrogen-bond donors (Lipinski definition) is 1. The van der Waals surface area contributed by atoms with Crippen molar-refractivity contribution in [2.45, 2.75) is 56.6 Å². The average Bonchev–Trinajstić information content (AvgIpc) is 3.16. The van der Waals surface area contributed by atoms with Crippen molar-refractivity contribution in [2.75, 3.05) is 26.2 Å². The van der Waals surface area contributed by atoms with Gasteiger partial charge in [0.1, 0.15) is 0 Å². The van der Waals surface area contributed by atoms with Gasteiger partial charge in [0.2, 0.25) is 0 Å². The van der Waals surface area contributed by atoms with Crippen LogP contribution in [0.25, 0.3) is 0 Å². The van der Waals surface area contributed by atoms with Gasteiger partial charge >= 0.3 is 0 Å². The minimum absolute atomic E-state index is 0.0630. The Morgan fingerprint density at radius 2 is 1.62 bits per heavy atom. The topological polar surface area (TPSA) is 43.8 Å². The van der Waals surface area contributed by atoms with Gasteiger partial charge in [-0.1, -0.05) is 37.1 Å². The van der Waals surface area contributed by atoms with Crippen molar-refractivity contribution < 1.29 is 9.90 Å². The average molecular weight is 328 g/mol. The van der Waals surface area contributed by atoms with Gasteiger partial charge in [-0.15, -0.1) is 0 Å². The van der Waals surface area contributed by atoms with Gasteiger partial charge in [0.15, 0.2) is 5.60 Å². The third-order valence-electron chi connectivity index (χ3n) is 6.14. The molecular formula is C20H28N2O2. The fraction of sp³-hybridized carbons (Fsp3) is 0.650. The van der Waals surface area contributed by atoms with Crippen LogP contribution in [0.5, 0.6) is 0 Å². The maximum Gasteiger partial charge on any atom is 0.255 e. The van der Waals surface area contributed by atoms with Gasteiger partial charge in [0, 0.05) is 45.1 Å². The number of fused-ring (bicyclic) bond motifs is 1. The van der Waals surface area contributed by atoms with Gasteiger partial charge in [0.05, 0.1) is 0 Å². The molecule has 0 unspecified atom stereocenters. The monoisotopic (exact) mass is 328 g/mol. The summed E-state index contributed by atoms with van der Waals surface area (Å²) in [4.78, 5) is 17.5. The first-order valence-corrected chi connectivity index (χ1v) is 9.48. The van der Waals surface area contributed by atoms with Gasteiger partial charge in [-0.05, 0) is 30.4 Å². The Bertz CT molecular complexity index is 584. The number of hydrogen-bond acceptors (Lipinski definition) is 3. The van der Waals surface area contributed by atoms with E-state index in [0.29, 0.717) is 12.8 Å². The summed E-state index contributed by atoms with van der Waals surface area (Å²) in [5.41, 5.74) is 1.01. The highest BCUT2D eigenvalue weighted by molar-refractivity contribution is 5.87. The predicted molar refractivity (Wildman–Crippen MR) is 93.8 cm³/mol. The number of rotatable bonds is 2. The summed E-state index contributed by atoms with van der Waals surface area (Å²) >= 11 is 0. The van der Waals surface area contributed by atoms with Gasteiger partial charge in [-0.2, -0.15) is 0 Å². The first-order chi connectivity index (χ1) is 11.7. The number of aliphatic hydroxyl groups is 1. The van der Waals surface area contributed by atoms with E-state index in [-0.39, 0.29) is 5.91 Å². The lowest BCUT2D eigenvalue weighted by Gasteiger charge is -2.30. The van der Waals surface area contributed by atoms with Crippen molar-refractivity contribution in [3.05, 3.63) is 35.4 Å². The molecule has 0 radical (unpaired) electrons. The maximum atomic E-state index is 13.0. The zero-order valence-corrected chi connectivity index (χ0v) is 14.4. The Kier molecular flexibility index (Phi) is 4.35. The highest BCUT2D eigenvalue weighted by Gasteiger charge is 2.44. The van der Waals surface area contributed by atoms with Crippen LogP contribution in [0.2, 0.25) is 0 Å². The molecule has 0 spiro atoms. The second-order valence-corrected chi connectivity index (χ2v) is 7.77. The molecular weight excluding hydrogens is 300 g/mol. The summed E-state index contributed by atoms with van der Waals surface area (Å²) in [5.74, 6) is -0.0630. The summed E-state index contributed by atoms with van der Waals surface area (Å²) < 4.78 is 0. The van der Waals surface area contributed by atoms with E-state index in [0.717, 1.165) is 49.8 Å². The Hall–Kier alpha value is -1.39. The Labute approximate surface area is 144 Å². The molecule has 1 saturated heterocycles. The molecule has 130 valence electrons. The van der Waals surface area contributed by atoms with Crippen LogP contribution in [0.15, 0.2) is 24.3 Å². The fourth-order valence-electron chi connectivity index (χ4n) is 4.82. The molecule has 1 amide bonds. The van der Waals surface area contributed by atoms with E-state index in [4.69, 9.17) is 0 Å². The van der Waals surface area contributed by atoms with Crippen LogP contribution >= 0.6 is 0 Å². The smallest absolute Gasteiger partial charge is 0.255 e. The summed E-state index contributed by atoms with van der Waals surface area (Å²) in [7, 11) is 0. The number of nitrogens with zero attached hydrogens (tertiary/aromatic N) is 2. The first kappa shape index (κ1) is 16.1. The molecule has 1 heterocycles. The number of amides is 1. The standard InChI is InChI=1S/C20H28N2O2/c23-19(20(24)14-16-6-1-2-7-17(16)15-20)22-11-5-10-21(12-13-22)18-8-3-4-9-18/h1-2,6-7,18,24H,3-5,8-15H2. The van der Waals surface area contributed by atoms with E-state index < -0.39 is 5.60 Å². The normalized spacial score (nSPS) is 24.8. The second-order valence-electron chi connectivity index (χ2n) is 7.77. The van der Waals surface area contributed by atoms with E-state index >= 15 is 0 Å². The van der Waals surface area contributed by atoms with E-state index in [1.54, 1.807) is 0 Å². The van der Waals surface area contributed by atoms with Crippen molar-refractivity contribution in [3.8, 4) is 0 Å². The van der Waals surface area contributed by atoms with Crippen LogP contribution in [0.3, 0.4) is 0 Å². The summed E-state index contributed by atoms with van der Waals surface area (Å²) in [6.45, 7) is 3.58. The lowest BCUT2D eigenvalue weighted by Crippen LogP contribution is -2.51. The number of carbonyl (C=O) groups is 1. The van der Waals surface area contributed by atoms with Crippen molar-refractivity contribution in [1.29, 1.82) is 0 Å². The van der Waals surface area contributed by atoms with Crippen LogP contribution in [0.4, 0.5) is 0 Å². The molecule has 1 aliphatic heterocycles. The Balaban J connectivity index is 1.41. The molecule has 0 aromatic heterocycles. The van der Waals surface area contributed by atoms with Crippen molar-refractivity contribution in [3.63, 3.8) is 0 Å². The molecule has 1 aromatic carbocycles. The predicted octanol–water partition coefficient (Wildman–Crippen LogP) is 1.99. The van der Waals surface area contributed by atoms with Gasteiger partial charge in [0.25, 0.3) is 5.91 Å². The minimum Gasteiger partial charge on any atom is -0.379 e. The summed E-state index contributed by atoms with van der Waals surface area (Å²) in [6, 6.07) is 8.76.